The maximum Gasteiger partial charge on any atom is 0.326 e. The third-order valence-corrected chi connectivity index (χ3v) is 2.60. The Morgan fingerprint density at radius 1 is 1.19 bits per heavy atom. The third kappa shape index (κ3) is 1.37. The van der Waals surface area contributed by atoms with E-state index >= 15 is 0 Å². The van der Waals surface area contributed by atoms with Gasteiger partial charge in [-0.15, -0.1) is 0 Å². The van der Waals surface area contributed by atoms with Crippen LogP contribution in [0.15, 0.2) is 29.3 Å². The number of aliphatic carboxylic acids is 2. The van der Waals surface area contributed by atoms with Crippen molar-refractivity contribution < 1.29 is 19.8 Å². The molecule has 1 aromatic carbocycles. The average molecular weight is 219 g/mol. The van der Waals surface area contributed by atoms with E-state index in [9.17, 15) is 9.59 Å². The molecule has 2 N–H and O–H groups in total. The lowest BCUT2D eigenvalue weighted by molar-refractivity contribution is -0.158. The Labute approximate surface area is 90.4 Å². The first-order valence-electron chi connectivity index (χ1n) is 4.65. The van der Waals surface area contributed by atoms with Gasteiger partial charge in [-0.1, -0.05) is 18.2 Å². The summed E-state index contributed by atoms with van der Waals surface area (Å²) >= 11 is 0. The second kappa shape index (κ2) is 3.44. The summed E-state index contributed by atoms with van der Waals surface area (Å²) in [6.45, 7) is -0.269. The highest BCUT2D eigenvalue weighted by Gasteiger charge is 2.45. The van der Waals surface area contributed by atoms with Gasteiger partial charge in [0.25, 0.3) is 0 Å². The minimum atomic E-state index is -1.94. The van der Waals surface area contributed by atoms with Crippen LogP contribution in [0, 0.1) is 5.41 Å². The molecule has 0 aliphatic carbocycles. The van der Waals surface area contributed by atoms with Gasteiger partial charge in [0.05, 0.1) is 11.9 Å². The van der Waals surface area contributed by atoms with Crippen molar-refractivity contribution in [1.29, 1.82) is 0 Å². The van der Waals surface area contributed by atoms with Crippen molar-refractivity contribution in [3.63, 3.8) is 0 Å². The molecule has 1 aliphatic heterocycles. The molecule has 0 atom stereocenters. The largest absolute Gasteiger partial charge is 0.480 e. The van der Waals surface area contributed by atoms with Gasteiger partial charge in [-0.2, -0.15) is 0 Å². The van der Waals surface area contributed by atoms with Crippen molar-refractivity contribution >= 4 is 18.0 Å². The molecule has 5 heteroatoms. The molecule has 0 radical (unpaired) electrons. The van der Waals surface area contributed by atoms with E-state index in [0.29, 0.717) is 10.6 Å². The van der Waals surface area contributed by atoms with Crippen molar-refractivity contribution in [3.8, 4) is 0 Å². The maximum atomic E-state index is 11.1. The van der Waals surface area contributed by atoms with Crippen LogP contribution in [-0.4, -0.2) is 28.7 Å². The minimum Gasteiger partial charge on any atom is -0.480 e. The van der Waals surface area contributed by atoms with E-state index in [-0.39, 0.29) is 6.54 Å². The zero-order valence-corrected chi connectivity index (χ0v) is 8.25. The SMILES string of the molecule is O=C(O)C1(C(=O)O)C=c2ccccc2=NC1. The average Bonchev–Trinajstić information content (AvgIpc) is 2.27. The van der Waals surface area contributed by atoms with E-state index < -0.39 is 17.4 Å². The number of carboxylic acids is 2. The highest BCUT2D eigenvalue weighted by molar-refractivity contribution is 6.05. The van der Waals surface area contributed by atoms with Gasteiger partial charge in [0.2, 0.25) is 5.41 Å². The fourth-order valence-electron chi connectivity index (χ4n) is 1.62. The Kier molecular flexibility index (Phi) is 2.23. The Bertz CT molecular complexity index is 562. The molecule has 82 valence electrons. The van der Waals surface area contributed by atoms with Gasteiger partial charge in [-0.05, 0) is 17.4 Å². The molecule has 2 rings (SSSR count). The number of hydrogen-bond acceptors (Lipinski definition) is 3. The van der Waals surface area contributed by atoms with Crippen molar-refractivity contribution in [2.75, 3.05) is 6.54 Å². The molecule has 1 heterocycles. The van der Waals surface area contributed by atoms with Crippen LogP contribution in [0.25, 0.3) is 6.08 Å². The number of carboxylic acid groups (broad SMARTS) is 2. The predicted molar refractivity (Wildman–Crippen MR) is 54.3 cm³/mol. The van der Waals surface area contributed by atoms with E-state index in [2.05, 4.69) is 4.99 Å². The quantitative estimate of drug-likeness (QED) is 0.641. The molecule has 0 saturated heterocycles. The Morgan fingerprint density at radius 3 is 2.44 bits per heavy atom. The van der Waals surface area contributed by atoms with E-state index in [1.807, 2.05) is 0 Å². The van der Waals surface area contributed by atoms with Gasteiger partial charge < -0.3 is 10.2 Å². The summed E-state index contributed by atoms with van der Waals surface area (Å²) in [5.74, 6) is -2.78. The van der Waals surface area contributed by atoms with Gasteiger partial charge in [-0.25, -0.2) is 0 Å². The monoisotopic (exact) mass is 219 g/mol. The molecule has 0 unspecified atom stereocenters. The molecule has 16 heavy (non-hydrogen) atoms. The van der Waals surface area contributed by atoms with Crippen LogP contribution >= 0.6 is 0 Å². The van der Waals surface area contributed by atoms with Crippen molar-refractivity contribution in [2.24, 2.45) is 10.4 Å². The first-order chi connectivity index (χ1) is 7.56. The molecule has 0 bridgehead atoms. The summed E-state index contributed by atoms with van der Waals surface area (Å²) in [6, 6.07) is 6.85. The molecule has 1 aliphatic rings. The van der Waals surface area contributed by atoms with E-state index in [4.69, 9.17) is 10.2 Å². The molecule has 5 nitrogen and oxygen atoms in total. The summed E-state index contributed by atoms with van der Waals surface area (Å²) < 4.78 is 0. The van der Waals surface area contributed by atoms with Gasteiger partial charge in [0.15, 0.2) is 0 Å². The molecule has 0 amide bonds. The summed E-state index contributed by atoms with van der Waals surface area (Å²) in [5.41, 5.74) is -1.94. The molecular weight excluding hydrogens is 210 g/mol. The Hall–Kier alpha value is -2.17. The number of carbonyl (C=O) groups is 2. The fraction of sp³-hybridized carbons (Fsp3) is 0.182. The van der Waals surface area contributed by atoms with Gasteiger partial charge >= 0.3 is 11.9 Å². The normalized spacial score (nSPS) is 16.5. The van der Waals surface area contributed by atoms with Gasteiger partial charge in [-0.3, -0.25) is 14.6 Å². The lowest BCUT2D eigenvalue weighted by atomic mass is 9.85. The fourth-order valence-corrected chi connectivity index (χ4v) is 1.62. The van der Waals surface area contributed by atoms with Crippen molar-refractivity contribution in [2.45, 2.75) is 0 Å². The van der Waals surface area contributed by atoms with E-state index in [1.165, 1.54) is 6.08 Å². The van der Waals surface area contributed by atoms with Crippen LogP contribution in [0.3, 0.4) is 0 Å². The minimum absolute atomic E-state index is 0.269. The van der Waals surface area contributed by atoms with Crippen LogP contribution in [0.1, 0.15) is 0 Å². The highest BCUT2D eigenvalue weighted by atomic mass is 16.4. The number of para-hydroxylation sites is 1. The molecule has 0 aromatic heterocycles. The number of hydrogen-bond donors (Lipinski definition) is 2. The van der Waals surface area contributed by atoms with Crippen LogP contribution < -0.4 is 10.6 Å². The summed E-state index contributed by atoms with van der Waals surface area (Å²) in [4.78, 5) is 26.1. The number of rotatable bonds is 2. The third-order valence-electron chi connectivity index (χ3n) is 2.60. The van der Waals surface area contributed by atoms with Crippen molar-refractivity contribution in [3.05, 3.63) is 34.8 Å². The summed E-state index contributed by atoms with van der Waals surface area (Å²) in [7, 11) is 0. The van der Waals surface area contributed by atoms with Crippen LogP contribution in [0.2, 0.25) is 0 Å². The zero-order chi connectivity index (χ0) is 11.8. The van der Waals surface area contributed by atoms with Crippen LogP contribution in [0.4, 0.5) is 0 Å². The van der Waals surface area contributed by atoms with E-state index in [0.717, 1.165) is 0 Å². The van der Waals surface area contributed by atoms with Crippen LogP contribution in [0.5, 0.6) is 0 Å². The lowest BCUT2D eigenvalue weighted by Gasteiger charge is -2.20. The van der Waals surface area contributed by atoms with Gasteiger partial charge in [0, 0.05) is 0 Å². The number of benzene rings is 1. The molecule has 0 spiro atoms. The molecule has 0 saturated carbocycles. The lowest BCUT2D eigenvalue weighted by Crippen LogP contribution is -2.46. The van der Waals surface area contributed by atoms with Gasteiger partial charge in [0.1, 0.15) is 0 Å². The first kappa shape index (κ1) is 10.4. The smallest absolute Gasteiger partial charge is 0.326 e. The second-order valence-corrected chi connectivity index (χ2v) is 3.60. The molecule has 0 fully saturated rings. The number of fused-ring (bicyclic) bond motifs is 1. The Balaban J connectivity index is 2.70. The molecule has 1 aromatic rings. The van der Waals surface area contributed by atoms with Crippen LogP contribution in [-0.2, 0) is 9.59 Å². The van der Waals surface area contributed by atoms with Crippen molar-refractivity contribution in [1.82, 2.24) is 0 Å². The highest BCUT2D eigenvalue weighted by Crippen LogP contribution is 2.21. The predicted octanol–water partition coefficient (Wildman–Crippen LogP) is -0.744. The van der Waals surface area contributed by atoms with E-state index in [1.54, 1.807) is 24.3 Å². The number of nitrogens with zero attached hydrogens (tertiary/aromatic N) is 1. The second-order valence-electron chi connectivity index (χ2n) is 3.60. The Morgan fingerprint density at radius 2 is 1.81 bits per heavy atom. The topological polar surface area (TPSA) is 87.0 Å². The summed E-state index contributed by atoms with van der Waals surface area (Å²) in [5, 5.41) is 19.2. The first-order valence-corrected chi connectivity index (χ1v) is 4.65. The maximum absolute atomic E-state index is 11.1. The summed E-state index contributed by atoms with van der Waals surface area (Å²) in [6.07, 6.45) is 1.25. The zero-order valence-electron chi connectivity index (χ0n) is 8.25. The molecular formula is C11H9NO4. The standard InChI is InChI=1S/C11H9NO4/c13-9(14)11(10(15)16)5-7-3-1-2-4-8(7)12-6-11/h1-5H,6H2,(H,13,14)(H,15,16).